The Morgan fingerprint density at radius 3 is 2.88 bits per heavy atom. The molecule has 4 heteroatoms. The highest BCUT2D eigenvalue weighted by Gasteiger charge is 2.10. The smallest absolute Gasteiger partial charge is 0.173 e. The summed E-state index contributed by atoms with van der Waals surface area (Å²) in [6.07, 6.45) is 1.40. The van der Waals surface area contributed by atoms with E-state index in [1.54, 1.807) is 0 Å². The van der Waals surface area contributed by atoms with Gasteiger partial charge in [-0.2, -0.15) is 0 Å². The molecule has 0 aliphatic heterocycles. The van der Waals surface area contributed by atoms with Gasteiger partial charge in [0, 0.05) is 22.9 Å². The minimum absolute atomic E-state index is 0.0543. The molecule has 0 amide bonds. The second-order valence-electron chi connectivity index (χ2n) is 3.74. The molecule has 0 unspecified atom stereocenters. The average molecular weight is 311 g/mol. The Bertz CT molecular complexity index is 560. The van der Waals surface area contributed by atoms with Crippen LogP contribution in [-0.4, -0.2) is 12.1 Å². The van der Waals surface area contributed by atoms with E-state index in [-0.39, 0.29) is 5.78 Å². The fraction of sp³-hybridized carbons (Fsp3) is 0.231. The van der Waals surface area contributed by atoms with Crippen LogP contribution in [-0.2, 0) is 10.1 Å². The standard InChI is InChI=1S/C13H11BrO2S/c14-8-9-3-4-10-7-13(17-12(10)6-9)11(16)2-1-5-15/h3-7H,1-2,8H2. The maximum Gasteiger partial charge on any atom is 0.173 e. The van der Waals surface area contributed by atoms with Gasteiger partial charge in [0.25, 0.3) is 0 Å². The number of rotatable bonds is 5. The first-order chi connectivity index (χ1) is 8.24. The Labute approximate surface area is 112 Å². The van der Waals surface area contributed by atoms with Gasteiger partial charge in [0.15, 0.2) is 5.78 Å². The number of hydrogen-bond donors (Lipinski definition) is 0. The lowest BCUT2D eigenvalue weighted by Gasteiger charge is -1.93. The highest BCUT2D eigenvalue weighted by molar-refractivity contribution is 9.08. The lowest BCUT2D eigenvalue weighted by atomic mass is 10.1. The van der Waals surface area contributed by atoms with Crippen molar-refractivity contribution in [2.75, 3.05) is 0 Å². The van der Waals surface area contributed by atoms with E-state index in [0.717, 1.165) is 26.6 Å². The van der Waals surface area contributed by atoms with E-state index in [0.29, 0.717) is 12.8 Å². The number of halogens is 1. The summed E-state index contributed by atoms with van der Waals surface area (Å²) in [7, 11) is 0. The molecule has 1 aromatic heterocycles. The number of fused-ring (bicyclic) bond motifs is 1. The van der Waals surface area contributed by atoms with Crippen LogP contribution in [0.25, 0.3) is 10.1 Å². The zero-order valence-electron chi connectivity index (χ0n) is 9.11. The second-order valence-corrected chi connectivity index (χ2v) is 5.39. The third-order valence-corrected chi connectivity index (χ3v) is 4.29. The van der Waals surface area contributed by atoms with E-state index in [1.807, 2.05) is 18.2 Å². The van der Waals surface area contributed by atoms with Crippen LogP contribution in [0, 0.1) is 0 Å². The molecule has 0 saturated carbocycles. The van der Waals surface area contributed by atoms with Crippen LogP contribution in [0.2, 0.25) is 0 Å². The molecule has 0 saturated heterocycles. The maximum atomic E-state index is 11.8. The predicted molar refractivity (Wildman–Crippen MR) is 74.1 cm³/mol. The molecule has 88 valence electrons. The molecular weight excluding hydrogens is 300 g/mol. The van der Waals surface area contributed by atoms with Gasteiger partial charge in [-0.05, 0) is 23.1 Å². The van der Waals surface area contributed by atoms with E-state index in [4.69, 9.17) is 0 Å². The number of alkyl halides is 1. The number of thiophene rings is 1. The number of benzene rings is 1. The molecule has 0 radical (unpaired) electrons. The van der Waals surface area contributed by atoms with Crippen molar-refractivity contribution < 1.29 is 9.59 Å². The van der Waals surface area contributed by atoms with Crippen LogP contribution in [0.1, 0.15) is 28.1 Å². The highest BCUT2D eigenvalue weighted by atomic mass is 79.9. The summed E-state index contributed by atoms with van der Waals surface area (Å²) in [5, 5.41) is 1.91. The van der Waals surface area contributed by atoms with E-state index in [1.165, 1.54) is 16.9 Å². The van der Waals surface area contributed by atoms with Gasteiger partial charge in [-0.3, -0.25) is 4.79 Å². The van der Waals surface area contributed by atoms with Crippen molar-refractivity contribution in [3.63, 3.8) is 0 Å². The first-order valence-corrected chi connectivity index (χ1v) is 7.23. The van der Waals surface area contributed by atoms with Crippen LogP contribution in [0.15, 0.2) is 24.3 Å². The van der Waals surface area contributed by atoms with Gasteiger partial charge in [-0.1, -0.05) is 28.1 Å². The molecule has 0 atom stereocenters. The van der Waals surface area contributed by atoms with Crippen LogP contribution in [0.4, 0.5) is 0 Å². The van der Waals surface area contributed by atoms with Crippen LogP contribution in [0.3, 0.4) is 0 Å². The Kier molecular flexibility index (Phi) is 4.07. The van der Waals surface area contributed by atoms with Crippen molar-refractivity contribution in [1.82, 2.24) is 0 Å². The molecule has 0 fully saturated rings. The lowest BCUT2D eigenvalue weighted by Crippen LogP contribution is -1.95. The van der Waals surface area contributed by atoms with Crippen molar-refractivity contribution >= 4 is 49.4 Å². The molecule has 1 aromatic carbocycles. The molecule has 2 aromatic rings. The third kappa shape index (κ3) is 2.82. The number of hydrogen-bond acceptors (Lipinski definition) is 3. The SMILES string of the molecule is O=CCCC(=O)c1cc2ccc(CBr)cc2s1. The summed E-state index contributed by atoms with van der Waals surface area (Å²) in [6, 6.07) is 8.07. The van der Waals surface area contributed by atoms with E-state index < -0.39 is 0 Å². The molecule has 17 heavy (non-hydrogen) atoms. The van der Waals surface area contributed by atoms with Gasteiger partial charge in [0.2, 0.25) is 0 Å². The number of aldehydes is 1. The van der Waals surface area contributed by atoms with Crippen molar-refractivity contribution in [2.45, 2.75) is 18.2 Å². The summed E-state index contributed by atoms with van der Waals surface area (Å²) in [6.45, 7) is 0. The van der Waals surface area contributed by atoms with E-state index in [2.05, 4.69) is 22.0 Å². The number of Topliss-reactive ketones (excluding diaryl/α,β-unsaturated/α-hetero) is 1. The van der Waals surface area contributed by atoms with Gasteiger partial charge in [-0.25, -0.2) is 0 Å². The van der Waals surface area contributed by atoms with Crippen molar-refractivity contribution in [3.8, 4) is 0 Å². The van der Waals surface area contributed by atoms with Crippen molar-refractivity contribution in [3.05, 3.63) is 34.7 Å². The zero-order valence-corrected chi connectivity index (χ0v) is 11.5. The molecular formula is C13H11BrO2S. The van der Waals surface area contributed by atoms with Crippen molar-refractivity contribution in [1.29, 1.82) is 0 Å². The largest absolute Gasteiger partial charge is 0.303 e. The summed E-state index contributed by atoms with van der Waals surface area (Å²) in [5.74, 6) is 0.0543. The van der Waals surface area contributed by atoms with Crippen LogP contribution < -0.4 is 0 Å². The topological polar surface area (TPSA) is 34.1 Å². The molecule has 0 aliphatic rings. The Morgan fingerprint density at radius 1 is 1.35 bits per heavy atom. The number of carbonyl (C=O) groups excluding carboxylic acids is 2. The van der Waals surface area contributed by atoms with Crippen LogP contribution in [0.5, 0.6) is 0 Å². The Morgan fingerprint density at radius 2 is 2.18 bits per heavy atom. The minimum Gasteiger partial charge on any atom is -0.303 e. The minimum atomic E-state index is 0.0543. The van der Waals surface area contributed by atoms with Gasteiger partial charge in [0.05, 0.1) is 4.88 Å². The fourth-order valence-electron chi connectivity index (χ4n) is 1.61. The molecule has 2 rings (SSSR count). The molecule has 0 bridgehead atoms. The fourth-order valence-corrected chi connectivity index (χ4v) is 3.05. The maximum absolute atomic E-state index is 11.8. The first kappa shape index (κ1) is 12.5. The molecule has 0 spiro atoms. The molecule has 2 nitrogen and oxygen atoms in total. The summed E-state index contributed by atoms with van der Waals surface area (Å²) in [5.41, 5.74) is 1.20. The third-order valence-electron chi connectivity index (χ3n) is 2.50. The van der Waals surface area contributed by atoms with Crippen LogP contribution >= 0.6 is 27.3 Å². The normalized spacial score (nSPS) is 10.6. The van der Waals surface area contributed by atoms with Crippen molar-refractivity contribution in [2.24, 2.45) is 0 Å². The summed E-state index contributed by atoms with van der Waals surface area (Å²) < 4.78 is 1.12. The number of carbonyl (C=O) groups is 2. The zero-order chi connectivity index (χ0) is 12.3. The van der Waals surface area contributed by atoms with E-state index >= 15 is 0 Å². The molecule has 0 aliphatic carbocycles. The lowest BCUT2D eigenvalue weighted by molar-refractivity contribution is -0.107. The average Bonchev–Trinajstić information content (AvgIpc) is 2.78. The van der Waals surface area contributed by atoms with E-state index in [9.17, 15) is 9.59 Å². The second kappa shape index (κ2) is 5.56. The monoisotopic (exact) mass is 310 g/mol. The summed E-state index contributed by atoms with van der Waals surface area (Å²) in [4.78, 5) is 22.8. The van der Waals surface area contributed by atoms with Gasteiger partial charge < -0.3 is 4.79 Å². The quantitative estimate of drug-likeness (QED) is 0.476. The predicted octanol–water partition coefficient (Wildman–Crippen LogP) is 3.96. The Balaban J connectivity index is 2.30. The molecule has 1 heterocycles. The highest BCUT2D eigenvalue weighted by Crippen LogP contribution is 2.28. The van der Waals surface area contributed by atoms with Gasteiger partial charge in [0.1, 0.15) is 6.29 Å². The molecule has 0 N–H and O–H groups in total. The van der Waals surface area contributed by atoms with Gasteiger partial charge in [-0.15, -0.1) is 11.3 Å². The first-order valence-electron chi connectivity index (χ1n) is 5.30. The Hall–Kier alpha value is -1.000. The summed E-state index contributed by atoms with van der Waals surface area (Å²) >= 11 is 4.91. The van der Waals surface area contributed by atoms with Gasteiger partial charge >= 0.3 is 0 Å². The number of ketones is 1.